The van der Waals surface area contributed by atoms with Crippen LogP contribution in [-0.2, 0) is 0 Å². The summed E-state index contributed by atoms with van der Waals surface area (Å²) in [5, 5.41) is 3.93. The van der Waals surface area contributed by atoms with Gasteiger partial charge in [0.05, 0.1) is 16.1 Å². The van der Waals surface area contributed by atoms with Crippen molar-refractivity contribution < 1.29 is 8.81 Å². The van der Waals surface area contributed by atoms with Crippen molar-refractivity contribution in [3.05, 3.63) is 71.9 Å². The average molecular weight is 394 g/mol. The first-order valence-electron chi connectivity index (χ1n) is 8.43. The molecule has 0 radical (unpaired) electrons. The van der Waals surface area contributed by atoms with E-state index in [1.807, 2.05) is 28.8 Å². The van der Waals surface area contributed by atoms with Gasteiger partial charge in [0.2, 0.25) is 5.88 Å². The molecule has 0 fully saturated rings. The van der Waals surface area contributed by atoms with Gasteiger partial charge in [-0.2, -0.15) is 0 Å². The van der Waals surface area contributed by atoms with E-state index in [-0.39, 0.29) is 10.9 Å². The van der Waals surface area contributed by atoms with E-state index in [2.05, 4.69) is 15.3 Å². The number of hydrogen-bond donors (Lipinski definition) is 2. The van der Waals surface area contributed by atoms with Gasteiger partial charge in [0.15, 0.2) is 5.58 Å². The van der Waals surface area contributed by atoms with Crippen molar-refractivity contribution in [2.75, 3.05) is 11.1 Å². The molecule has 0 aliphatic rings. The van der Waals surface area contributed by atoms with Crippen molar-refractivity contribution in [2.24, 2.45) is 0 Å². The highest BCUT2D eigenvalue weighted by Crippen LogP contribution is 2.39. The highest BCUT2D eigenvalue weighted by atomic mass is 35.5. The second-order valence-corrected chi connectivity index (χ2v) is 6.61. The van der Waals surface area contributed by atoms with E-state index in [4.69, 9.17) is 21.8 Å². The summed E-state index contributed by atoms with van der Waals surface area (Å²) in [5.74, 6) is -0.292. The number of nitrogens with one attached hydrogen (secondary N) is 1. The number of anilines is 3. The summed E-state index contributed by atoms with van der Waals surface area (Å²) in [4.78, 5) is 8.80. The van der Waals surface area contributed by atoms with Gasteiger partial charge in [-0.3, -0.25) is 9.38 Å². The fourth-order valence-electron chi connectivity index (χ4n) is 3.21. The number of imidazole rings is 1. The van der Waals surface area contributed by atoms with Gasteiger partial charge in [0, 0.05) is 24.3 Å². The summed E-state index contributed by atoms with van der Waals surface area (Å²) in [6.07, 6.45) is 5.27. The molecule has 0 bridgehead atoms. The molecular weight excluding hydrogens is 381 g/mol. The zero-order chi connectivity index (χ0) is 19.3. The van der Waals surface area contributed by atoms with Crippen LogP contribution in [0.1, 0.15) is 0 Å². The quantitative estimate of drug-likeness (QED) is 0.437. The maximum atomic E-state index is 13.4. The summed E-state index contributed by atoms with van der Waals surface area (Å²) in [6.45, 7) is 0. The lowest BCUT2D eigenvalue weighted by molar-refractivity contribution is 0.628. The second kappa shape index (κ2) is 6.24. The molecule has 4 heterocycles. The molecule has 4 aromatic heterocycles. The van der Waals surface area contributed by atoms with Crippen LogP contribution in [0.15, 0.2) is 65.5 Å². The van der Waals surface area contributed by atoms with Crippen molar-refractivity contribution in [3.8, 4) is 11.4 Å². The molecule has 0 saturated heterocycles. The van der Waals surface area contributed by atoms with E-state index in [1.54, 1.807) is 24.5 Å². The Morgan fingerprint density at radius 3 is 2.86 bits per heavy atom. The lowest BCUT2D eigenvalue weighted by Gasteiger charge is -2.07. The molecular formula is C20H13ClFN5O. The van der Waals surface area contributed by atoms with E-state index in [0.717, 1.165) is 16.7 Å². The Kier molecular flexibility index (Phi) is 3.70. The number of hydrogen-bond acceptors (Lipinski definition) is 5. The number of fused-ring (bicyclic) bond motifs is 2. The van der Waals surface area contributed by atoms with Gasteiger partial charge in [-0.05, 0) is 36.4 Å². The number of halogens is 2. The van der Waals surface area contributed by atoms with E-state index in [9.17, 15) is 4.39 Å². The van der Waals surface area contributed by atoms with Gasteiger partial charge in [-0.1, -0.05) is 17.7 Å². The lowest BCUT2D eigenvalue weighted by atomic mass is 10.1. The third kappa shape index (κ3) is 2.56. The van der Waals surface area contributed by atoms with E-state index >= 15 is 0 Å². The number of rotatable bonds is 3. The number of nitrogen functional groups attached to an aromatic ring is 1. The number of benzene rings is 1. The van der Waals surface area contributed by atoms with Crippen molar-refractivity contribution in [1.82, 2.24) is 14.4 Å². The lowest BCUT2D eigenvalue weighted by Crippen LogP contribution is -1.95. The van der Waals surface area contributed by atoms with Gasteiger partial charge in [0.1, 0.15) is 22.8 Å². The number of nitrogens with zero attached hydrogens (tertiary/aromatic N) is 3. The highest BCUT2D eigenvalue weighted by molar-refractivity contribution is 6.31. The van der Waals surface area contributed by atoms with Gasteiger partial charge < -0.3 is 15.5 Å². The van der Waals surface area contributed by atoms with Crippen molar-refractivity contribution in [2.45, 2.75) is 0 Å². The fourth-order valence-corrected chi connectivity index (χ4v) is 3.39. The fraction of sp³-hybridized carbons (Fsp3) is 0. The molecule has 0 aliphatic heterocycles. The van der Waals surface area contributed by atoms with Crippen LogP contribution in [0, 0.1) is 5.82 Å². The van der Waals surface area contributed by atoms with E-state index in [0.29, 0.717) is 22.7 Å². The Bertz CT molecular complexity index is 1340. The Morgan fingerprint density at radius 2 is 2.00 bits per heavy atom. The topological polar surface area (TPSA) is 81.4 Å². The molecule has 8 heteroatoms. The van der Waals surface area contributed by atoms with Crippen LogP contribution in [0.4, 0.5) is 21.6 Å². The summed E-state index contributed by atoms with van der Waals surface area (Å²) in [6, 6.07) is 11.9. The first kappa shape index (κ1) is 16.6. The summed E-state index contributed by atoms with van der Waals surface area (Å²) < 4.78 is 21.2. The van der Waals surface area contributed by atoms with Crippen LogP contribution < -0.4 is 11.1 Å². The Labute approximate surface area is 163 Å². The van der Waals surface area contributed by atoms with Crippen LogP contribution in [-0.4, -0.2) is 14.4 Å². The minimum atomic E-state index is -0.489. The normalized spacial score (nSPS) is 11.4. The number of nitrogens with two attached hydrogens (primary N) is 1. The third-order valence-electron chi connectivity index (χ3n) is 4.49. The molecule has 3 N–H and O–H groups in total. The molecule has 0 atom stereocenters. The van der Waals surface area contributed by atoms with Crippen molar-refractivity contribution >= 4 is 45.5 Å². The standard InChI is InChI=1S/C20H13ClFN5O/c21-13-10-11(4-5-14(13)22)26-17-12-6-7-25-18(19(12)28-20(17)23)15-2-1-3-16-24-8-9-27(15)16/h1-10,26H,23H2. The third-order valence-corrected chi connectivity index (χ3v) is 4.78. The van der Waals surface area contributed by atoms with Crippen molar-refractivity contribution in [1.29, 1.82) is 0 Å². The molecule has 5 rings (SSSR count). The monoisotopic (exact) mass is 393 g/mol. The highest BCUT2D eigenvalue weighted by Gasteiger charge is 2.18. The Balaban J connectivity index is 1.67. The summed E-state index contributed by atoms with van der Waals surface area (Å²) >= 11 is 5.87. The Morgan fingerprint density at radius 1 is 1.11 bits per heavy atom. The smallest absolute Gasteiger partial charge is 0.215 e. The average Bonchev–Trinajstić information content (AvgIpc) is 3.29. The molecule has 138 valence electrons. The number of aromatic nitrogens is 3. The van der Waals surface area contributed by atoms with Crippen LogP contribution >= 0.6 is 11.6 Å². The molecule has 28 heavy (non-hydrogen) atoms. The molecule has 0 spiro atoms. The largest absolute Gasteiger partial charge is 0.436 e. The first-order valence-corrected chi connectivity index (χ1v) is 8.81. The Hall–Kier alpha value is -3.58. The molecule has 0 saturated carbocycles. The molecule has 1 aromatic carbocycles. The summed E-state index contributed by atoms with van der Waals surface area (Å²) in [7, 11) is 0. The van der Waals surface area contributed by atoms with Crippen LogP contribution in [0.2, 0.25) is 5.02 Å². The van der Waals surface area contributed by atoms with Gasteiger partial charge in [0.25, 0.3) is 0 Å². The molecule has 0 aliphatic carbocycles. The maximum Gasteiger partial charge on any atom is 0.215 e. The van der Waals surface area contributed by atoms with E-state index < -0.39 is 5.82 Å². The number of pyridine rings is 2. The van der Waals surface area contributed by atoms with Gasteiger partial charge in [-0.25, -0.2) is 9.37 Å². The zero-order valence-corrected chi connectivity index (χ0v) is 15.1. The SMILES string of the molecule is Nc1oc2c(-c3cccc4nccn34)nccc2c1Nc1ccc(F)c(Cl)c1. The van der Waals surface area contributed by atoms with Gasteiger partial charge in [-0.15, -0.1) is 0 Å². The summed E-state index contributed by atoms with van der Waals surface area (Å²) in [5.41, 5.74) is 10.1. The molecule has 6 nitrogen and oxygen atoms in total. The first-order chi connectivity index (χ1) is 13.6. The second-order valence-electron chi connectivity index (χ2n) is 6.20. The van der Waals surface area contributed by atoms with E-state index in [1.165, 1.54) is 12.1 Å². The minimum absolute atomic E-state index is 0.0190. The predicted molar refractivity (Wildman–Crippen MR) is 107 cm³/mol. The van der Waals surface area contributed by atoms with Gasteiger partial charge >= 0.3 is 0 Å². The number of furan rings is 1. The molecule has 0 unspecified atom stereocenters. The van der Waals surface area contributed by atoms with Crippen LogP contribution in [0.5, 0.6) is 0 Å². The van der Waals surface area contributed by atoms with Crippen LogP contribution in [0.25, 0.3) is 28.0 Å². The van der Waals surface area contributed by atoms with Crippen LogP contribution in [0.3, 0.4) is 0 Å². The maximum absolute atomic E-state index is 13.4. The molecule has 0 amide bonds. The zero-order valence-electron chi connectivity index (χ0n) is 14.4. The minimum Gasteiger partial charge on any atom is -0.436 e. The molecule has 5 aromatic rings. The predicted octanol–water partition coefficient (Wildman–Crippen LogP) is 5.26. The van der Waals surface area contributed by atoms with Crippen molar-refractivity contribution in [3.63, 3.8) is 0 Å².